The van der Waals surface area contributed by atoms with E-state index < -0.39 is 11.7 Å². The van der Waals surface area contributed by atoms with E-state index in [1.165, 1.54) is 7.11 Å². The number of halogens is 1. The molecule has 0 radical (unpaired) electrons. The summed E-state index contributed by atoms with van der Waals surface area (Å²) < 4.78 is 9.65. The molecule has 0 saturated carbocycles. The standard InChI is InChI=1S/C10H17BrN2O4/c1-10(2,3)17-9(15)13-5-6(14)7(11)8(12)16-4/h12,14H,5H2,1-4H3,(H,13,15)/b7-6+,12-8?. The van der Waals surface area contributed by atoms with Gasteiger partial charge in [0.05, 0.1) is 13.7 Å². The van der Waals surface area contributed by atoms with Crippen LogP contribution in [0.4, 0.5) is 4.79 Å². The van der Waals surface area contributed by atoms with Gasteiger partial charge in [-0.25, -0.2) is 4.79 Å². The third-order valence-corrected chi connectivity index (χ3v) is 2.27. The van der Waals surface area contributed by atoms with Crippen molar-refractivity contribution in [3.63, 3.8) is 0 Å². The number of aliphatic hydroxyl groups is 1. The molecule has 0 aromatic rings. The molecule has 0 aromatic heterocycles. The molecule has 0 aromatic carbocycles. The van der Waals surface area contributed by atoms with E-state index in [2.05, 4.69) is 26.0 Å². The number of ether oxygens (including phenoxy) is 2. The fraction of sp³-hybridized carbons (Fsp3) is 0.600. The van der Waals surface area contributed by atoms with Crippen LogP contribution in [0.15, 0.2) is 10.2 Å². The Morgan fingerprint density at radius 1 is 1.47 bits per heavy atom. The quantitative estimate of drug-likeness (QED) is 0.424. The van der Waals surface area contributed by atoms with Crippen LogP contribution in [-0.2, 0) is 9.47 Å². The van der Waals surface area contributed by atoms with E-state index in [0.717, 1.165) is 0 Å². The summed E-state index contributed by atoms with van der Waals surface area (Å²) >= 11 is 2.97. The lowest BCUT2D eigenvalue weighted by Gasteiger charge is -2.19. The van der Waals surface area contributed by atoms with Crippen LogP contribution in [0.25, 0.3) is 0 Å². The number of nitrogens with one attached hydrogen (secondary N) is 2. The highest BCUT2D eigenvalue weighted by Crippen LogP contribution is 2.12. The van der Waals surface area contributed by atoms with Gasteiger partial charge in [-0.15, -0.1) is 0 Å². The van der Waals surface area contributed by atoms with Crippen molar-refractivity contribution in [2.24, 2.45) is 0 Å². The third-order valence-electron chi connectivity index (χ3n) is 1.46. The van der Waals surface area contributed by atoms with Gasteiger partial charge in [-0.1, -0.05) is 0 Å². The number of hydrogen-bond donors (Lipinski definition) is 3. The van der Waals surface area contributed by atoms with Gasteiger partial charge in [-0.3, -0.25) is 5.41 Å². The molecular weight excluding hydrogens is 292 g/mol. The zero-order chi connectivity index (χ0) is 13.6. The predicted octanol–water partition coefficient (Wildman–Crippen LogP) is 2.30. The summed E-state index contributed by atoms with van der Waals surface area (Å²) in [5.74, 6) is -0.448. The van der Waals surface area contributed by atoms with E-state index in [1.54, 1.807) is 20.8 Å². The van der Waals surface area contributed by atoms with E-state index in [0.29, 0.717) is 0 Å². The fourth-order valence-electron chi connectivity index (χ4n) is 0.768. The normalized spacial score (nSPS) is 12.5. The summed E-state index contributed by atoms with van der Waals surface area (Å²) in [5.41, 5.74) is -0.597. The van der Waals surface area contributed by atoms with Crippen LogP contribution >= 0.6 is 15.9 Å². The molecule has 0 saturated heterocycles. The zero-order valence-corrected chi connectivity index (χ0v) is 11.8. The summed E-state index contributed by atoms with van der Waals surface area (Å²) in [6.07, 6.45) is -0.645. The first-order chi connectivity index (χ1) is 7.67. The molecule has 0 atom stereocenters. The van der Waals surface area contributed by atoms with Crippen molar-refractivity contribution >= 4 is 27.9 Å². The lowest BCUT2D eigenvalue weighted by atomic mass is 10.2. The molecule has 0 heterocycles. The van der Waals surface area contributed by atoms with E-state index >= 15 is 0 Å². The van der Waals surface area contributed by atoms with Gasteiger partial charge in [0.2, 0.25) is 5.90 Å². The van der Waals surface area contributed by atoms with Crippen molar-refractivity contribution < 1.29 is 19.4 Å². The Kier molecular flexibility index (Phi) is 6.01. The molecule has 0 spiro atoms. The minimum atomic E-state index is -0.645. The van der Waals surface area contributed by atoms with Crippen molar-refractivity contribution in [2.45, 2.75) is 26.4 Å². The smallest absolute Gasteiger partial charge is 0.408 e. The highest BCUT2D eigenvalue weighted by atomic mass is 79.9. The van der Waals surface area contributed by atoms with Gasteiger partial charge >= 0.3 is 6.09 Å². The lowest BCUT2D eigenvalue weighted by molar-refractivity contribution is 0.0527. The molecule has 7 heteroatoms. The summed E-state index contributed by atoms with van der Waals surface area (Å²) in [6, 6.07) is 0. The molecular formula is C10H17BrN2O4. The van der Waals surface area contributed by atoms with Crippen LogP contribution in [0.2, 0.25) is 0 Å². The largest absolute Gasteiger partial charge is 0.509 e. The molecule has 0 aliphatic carbocycles. The fourth-order valence-corrected chi connectivity index (χ4v) is 1.07. The summed E-state index contributed by atoms with van der Waals surface area (Å²) in [5, 5.41) is 19.1. The van der Waals surface area contributed by atoms with Gasteiger partial charge in [0.25, 0.3) is 0 Å². The highest BCUT2D eigenvalue weighted by molar-refractivity contribution is 9.12. The molecule has 0 aliphatic rings. The maximum Gasteiger partial charge on any atom is 0.408 e. The monoisotopic (exact) mass is 308 g/mol. The van der Waals surface area contributed by atoms with Gasteiger partial charge in [-0.05, 0) is 36.7 Å². The molecule has 0 bridgehead atoms. The number of carbonyl (C=O) groups excluding carboxylic acids is 1. The van der Waals surface area contributed by atoms with Crippen molar-refractivity contribution in [2.75, 3.05) is 13.7 Å². The molecule has 1 amide bonds. The molecule has 0 rings (SSSR count). The number of amides is 1. The Bertz CT molecular complexity index is 334. The molecule has 0 fully saturated rings. The van der Waals surface area contributed by atoms with Crippen LogP contribution < -0.4 is 5.32 Å². The molecule has 0 unspecified atom stereocenters. The van der Waals surface area contributed by atoms with Crippen LogP contribution in [0.1, 0.15) is 20.8 Å². The Balaban J connectivity index is 4.30. The molecule has 6 nitrogen and oxygen atoms in total. The maximum absolute atomic E-state index is 11.3. The Morgan fingerprint density at radius 3 is 2.41 bits per heavy atom. The Labute approximate surface area is 109 Å². The molecule has 17 heavy (non-hydrogen) atoms. The van der Waals surface area contributed by atoms with Gasteiger partial charge < -0.3 is 19.9 Å². The van der Waals surface area contributed by atoms with Crippen LogP contribution in [0, 0.1) is 5.41 Å². The van der Waals surface area contributed by atoms with E-state index in [1.807, 2.05) is 0 Å². The van der Waals surface area contributed by atoms with E-state index in [4.69, 9.17) is 10.1 Å². The molecule has 0 aliphatic heterocycles. The third kappa shape index (κ3) is 6.83. The van der Waals surface area contributed by atoms with Crippen LogP contribution in [0.3, 0.4) is 0 Å². The van der Waals surface area contributed by atoms with Gasteiger partial charge in [0, 0.05) is 0 Å². The Hall–Kier alpha value is -1.24. The van der Waals surface area contributed by atoms with Crippen molar-refractivity contribution in [3.8, 4) is 0 Å². The SMILES string of the molecule is COC(=N)/C(Br)=C(\O)CNC(=O)OC(C)(C)C. The minimum absolute atomic E-state index is 0.0797. The second-order valence-electron chi connectivity index (χ2n) is 4.15. The van der Waals surface area contributed by atoms with Crippen molar-refractivity contribution in [3.05, 3.63) is 10.2 Å². The van der Waals surface area contributed by atoms with E-state index in [-0.39, 0.29) is 22.7 Å². The number of rotatable bonds is 3. The highest BCUT2D eigenvalue weighted by Gasteiger charge is 2.17. The first-order valence-electron chi connectivity index (χ1n) is 4.84. The predicted molar refractivity (Wildman–Crippen MR) is 67.6 cm³/mol. The summed E-state index contributed by atoms with van der Waals surface area (Å²) in [4.78, 5) is 11.3. The number of hydrogen-bond acceptors (Lipinski definition) is 5. The summed E-state index contributed by atoms with van der Waals surface area (Å²) in [7, 11) is 1.30. The van der Waals surface area contributed by atoms with Crippen molar-refractivity contribution in [1.29, 1.82) is 5.41 Å². The average molecular weight is 309 g/mol. The van der Waals surface area contributed by atoms with E-state index in [9.17, 15) is 9.90 Å². The van der Waals surface area contributed by atoms with Gasteiger partial charge in [0.1, 0.15) is 15.8 Å². The molecule has 3 N–H and O–H groups in total. The Morgan fingerprint density at radius 2 is 2.00 bits per heavy atom. The van der Waals surface area contributed by atoms with Gasteiger partial charge in [-0.2, -0.15) is 0 Å². The number of alkyl carbamates (subject to hydrolysis) is 1. The lowest BCUT2D eigenvalue weighted by Crippen LogP contribution is -2.33. The number of carbonyl (C=O) groups is 1. The average Bonchev–Trinajstić information content (AvgIpc) is 2.21. The first kappa shape index (κ1) is 15.8. The van der Waals surface area contributed by atoms with Gasteiger partial charge in [0.15, 0.2) is 0 Å². The summed E-state index contributed by atoms with van der Waals surface area (Å²) in [6.45, 7) is 5.05. The second kappa shape index (κ2) is 6.48. The van der Waals surface area contributed by atoms with Crippen LogP contribution in [0.5, 0.6) is 0 Å². The zero-order valence-electron chi connectivity index (χ0n) is 10.3. The van der Waals surface area contributed by atoms with Crippen LogP contribution in [-0.4, -0.2) is 36.4 Å². The second-order valence-corrected chi connectivity index (χ2v) is 4.94. The number of aliphatic hydroxyl groups excluding tert-OH is 1. The number of methoxy groups -OCH3 is 1. The molecule has 98 valence electrons. The van der Waals surface area contributed by atoms with Crippen molar-refractivity contribution in [1.82, 2.24) is 5.32 Å². The maximum atomic E-state index is 11.3. The topological polar surface area (TPSA) is 91.6 Å². The minimum Gasteiger partial charge on any atom is -0.509 e. The first-order valence-corrected chi connectivity index (χ1v) is 5.64.